The van der Waals surface area contributed by atoms with Gasteiger partial charge in [0.25, 0.3) is 0 Å². The molecule has 3 heterocycles. The molecule has 4 saturated carbocycles. The highest BCUT2D eigenvalue weighted by molar-refractivity contribution is 5.87. The van der Waals surface area contributed by atoms with Crippen molar-refractivity contribution in [3.63, 3.8) is 0 Å². The van der Waals surface area contributed by atoms with Gasteiger partial charge in [0, 0.05) is 18.0 Å². The van der Waals surface area contributed by atoms with Gasteiger partial charge in [-0.25, -0.2) is 4.79 Å². The van der Waals surface area contributed by atoms with Gasteiger partial charge in [0.1, 0.15) is 28.1 Å². The van der Waals surface area contributed by atoms with E-state index in [9.17, 15) is 35.4 Å². The van der Waals surface area contributed by atoms with Crippen LogP contribution >= 0.6 is 0 Å². The number of carbonyl (C=O) groups excluding carboxylic acids is 1. The number of hydrogen-bond acceptors (Lipinski definition) is 9. The van der Waals surface area contributed by atoms with Gasteiger partial charge in [-0.1, -0.05) is 27.7 Å². The Morgan fingerprint density at radius 1 is 1.20 bits per heavy atom. The molecule has 35 heavy (non-hydrogen) atoms. The van der Waals surface area contributed by atoms with E-state index in [1.54, 1.807) is 26.8 Å². The molecule has 4 aliphatic carbocycles. The quantitative estimate of drug-likeness (QED) is 0.282. The molecule has 0 unspecified atom stereocenters. The molecule has 1 aromatic rings. The van der Waals surface area contributed by atoms with Gasteiger partial charge in [0.05, 0.1) is 11.5 Å². The van der Waals surface area contributed by atoms with Gasteiger partial charge in [-0.15, -0.1) is 0 Å². The van der Waals surface area contributed by atoms with Gasteiger partial charge in [-0.05, 0) is 43.7 Å². The number of ether oxygens (including phenoxy) is 2. The molecule has 7 rings (SSSR count). The molecule has 1 spiro atoms. The predicted octanol–water partition coefficient (Wildman–Crippen LogP) is -0.188. The molecule has 6 bridgehead atoms. The molecule has 2 saturated heterocycles. The summed E-state index contributed by atoms with van der Waals surface area (Å²) >= 11 is 0. The molecule has 194 valence electrons. The minimum absolute atomic E-state index is 0.0654. The van der Waals surface area contributed by atoms with Crippen LogP contribution in [-0.4, -0.2) is 87.6 Å². The normalized spacial score (nSPS) is 59.8. The summed E-state index contributed by atoms with van der Waals surface area (Å²) in [6.07, 6.45) is -1.63. The number of aliphatic hydroxyl groups excluding tert-OH is 1. The summed E-state index contributed by atoms with van der Waals surface area (Å²) in [5.74, 6) is -4.34. The van der Waals surface area contributed by atoms with Crippen LogP contribution in [0, 0.1) is 22.7 Å². The van der Waals surface area contributed by atoms with Crippen LogP contribution in [0.1, 0.15) is 64.4 Å². The van der Waals surface area contributed by atoms with Crippen molar-refractivity contribution in [2.45, 2.75) is 99.9 Å². The van der Waals surface area contributed by atoms with E-state index in [0.717, 1.165) is 0 Å². The number of aromatic nitrogens is 1. The van der Waals surface area contributed by atoms with E-state index in [1.807, 2.05) is 0 Å². The second kappa shape index (κ2) is 5.96. The van der Waals surface area contributed by atoms with E-state index in [-0.39, 0.29) is 18.5 Å². The lowest BCUT2D eigenvalue weighted by Gasteiger charge is -2.60. The molecular weight excluding hydrogens is 458 g/mol. The molecule has 7 N–H and O–H groups in total. The number of aliphatic hydroxyl groups is 6. The van der Waals surface area contributed by atoms with Gasteiger partial charge >= 0.3 is 5.97 Å². The second-order valence-corrected chi connectivity index (χ2v) is 12.4. The minimum Gasteiger partial charge on any atom is -0.451 e. The lowest BCUT2D eigenvalue weighted by Crippen LogP contribution is -2.75. The van der Waals surface area contributed by atoms with E-state index in [0.29, 0.717) is 6.42 Å². The molecule has 10 nitrogen and oxygen atoms in total. The van der Waals surface area contributed by atoms with E-state index >= 15 is 0 Å². The molecule has 2 aliphatic heterocycles. The Bertz CT molecular complexity index is 1130. The van der Waals surface area contributed by atoms with Crippen molar-refractivity contribution in [3.05, 3.63) is 24.0 Å². The highest BCUT2D eigenvalue weighted by Crippen LogP contribution is 2.90. The van der Waals surface area contributed by atoms with E-state index < -0.39 is 74.6 Å². The fraction of sp³-hybridized carbons (Fsp3) is 0.800. The standard InChI is InChI=1S/C25H35NO9/c1-12(2)22(31)17(34-16(28)14-7-6-10-26-14)23(32)18(4)11-21(30)19(22,5)25(23,33)24(35-21)15(27)13(3)8-9-20(18,24)29/h6-7,10,12-13,15,17,26-27,29-33H,8-9,11H2,1-5H3/t13-,15+,17-,18+,19+,20-,21+,22+,23-,24-,25-/m1/s1. The first-order chi connectivity index (χ1) is 16.0. The van der Waals surface area contributed by atoms with Gasteiger partial charge in [-0.2, -0.15) is 0 Å². The van der Waals surface area contributed by atoms with E-state index in [2.05, 4.69) is 4.98 Å². The maximum Gasteiger partial charge on any atom is 0.355 e. The monoisotopic (exact) mass is 493 g/mol. The summed E-state index contributed by atoms with van der Waals surface area (Å²) < 4.78 is 12.1. The highest BCUT2D eigenvalue weighted by atomic mass is 16.7. The molecule has 0 radical (unpaired) electrons. The highest BCUT2D eigenvalue weighted by Gasteiger charge is 3.10. The number of esters is 1. The van der Waals surface area contributed by atoms with Crippen molar-refractivity contribution in [2.24, 2.45) is 22.7 Å². The molecule has 11 atom stereocenters. The average molecular weight is 494 g/mol. The van der Waals surface area contributed by atoms with Crippen LogP contribution in [0.25, 0.3) is 0 Å². The van der Waals surface area contributed by atoms with Gasteiger partial charge in [-0.3, -0.25) is 0 Å². The van der Waals surface area contributed by atoms with Gasteiger partial charge in [0.15, 0.2) is 17.5 Å². The largest absolute Gasteiger partial charge is 0.451 e. The lowest BCUT2D eigenvalue weighted by molar-refractivity contribution is -0.390. The third-order valence-electron chi connectivity index (χ3n) is 11.3. The van der Waals surface area contributed by atoms with Crippen molar-refractivity contribution in [1.82, 2.24) is 4.98 Å². The zero-order chi connectivity index (χ0) is 25.8. The molecule has 1 aromatic heterocycles. The Balaban J connectivity index is 1.69. The van der Waals surface area contributed by atoms with Crippen LogP contribution in [0.15, 0.2) is 18.3 Å². The predicted molar refractivity (Wildman–Crippen MR) is 119 cm³/mol. The summed E-state index contributed by atoms with van der Waals surface area (Å²) in [6, 6.07) is 3.06. The SMILES string of the molecule is CC(C)[C@]1(O)[C@@H](OC(=O)c2ccc[nH]2)[C@@]2(O)[C@@]3(C)C[C@]4(O)O[C@@]5([C@@H](O)[C@H](C)CC[C@@]35O)[C@@]2(O)[C@@]41C. The summed E-state index contributed by atoms with van der Waals surface area (Å²) in [7, 11) is 0. The van der Waals surface area contributed by atoms with Crippen molar-refractivity contribution in [1.29, 1.82) is 0 Å². The van der Waals surface area contributed by atoms with Crippen LogP contribution < -0.4 is 0 Å². The number of hydrogen-bond donors (Lipinski definition) is 7. The molecule has 10 heteroatoms. The molecular formula is C25H35NO9. The van der Waals surface area contributed by atoms with Gasteiger partial charge < -0.3 is 45.1 Å². The van der Waals surface area contributed by atoms with Crippen LogP contribution in [0.3, 0.4) is 0 Å². The lowest BCUT2D eigenvalue weighted by atomic mass is 9.52. The number of H-pyrrole nitrogens is 1. The fourth-order valence-electron chi connectivity index (χ4n) is 9.56. The molecule has 0 amide bonds. The third kappa shape index (κ3) is 1.74. The number of nitrogens with one attached hydrogen (secondary N) is 1. The Morgan fingerprint density at radius 3 is 2.43 bits per heavy atom. The van der Waals surface area contributed by atoms with Crippen molar-refractivity contribution >= 4 is 5.97 Å². The van der Waals surface area contributed by atoms with Crippen molar-refractivity contribution in [3.8, 4) is 0 Å². The summed E-state index contributed by atoms with van der Waals surface area (Å²) in [6.45, 7) is 7.91. The Labute approximate surface area is 202 Å². The summed E-state index contributed by atoms with van der Waals surface area (Å²) in [4.78, 5) is 15.9. The zero-order valence-electron chi connectivity index (χ0n) is 20.6. The first-order valence-corrected chi connectivity index (χ1v) is 12.4. The first-order valence-electron chi connectivity index (χ1n) is 12.4. The number of carbonyl (C=O) groups is 1. The van der Waals surface area contributed by atoms with Crippen LogP contribution in [0.4, 0.5) is 0 Å². The summed E-state index contributed by atoms with van der Waals surface area (Å²) in [5, 5.41) is 73.9. The van der Waals surface area contributed by atoms with Gasteiger partial charge in [0.2, 0.25) is 0 Å². The Hall–Kier alpha value is -1.53. The van der Waals surface area contributed by atoms with Crippen LogP contribution in [0.2, 0.25) is 0 Å². The van der Waals surface area contributed by atoms with Crippen LogP contribution in [-0.2, 0) is 9.47 Å². The first kappa shape index (κ1) is 23.8. The average Bonchev–Trinajstić information content (AvgIpc) is 3.41. The third-order valence-corrected chi connectivity index (χ3v) is 11.3. The molecule has 6 fully saturated rings. The maximum absolute atomic E-state index is 13.2. The van der Waals surface area contributed by atoms with Crippen LogP contribution in [0.5, 0.6) is 0 Å². The second-order valence-electron chi connectivity index (χ2n) is 12.4. The fourth-order valence-corrected chi connectivity index (χ4v) is 9.56. The molecule has 6 aliphatic rings. The number of aromatic amines is 1. The topological polar surface area (TPSA) is 173 Å². The smallest absolute Gasteiger partial charge is 0.355 e. The van der Waals surface area contributed by atoms with Crippen molar-refractivity contribution in [2.75, 3.05) is 0 Å². The zero-order valence-corrected chi connectivity index (χ0v) is 20.6. The maximum atomic E-state index is 13.2. The minimum atomic E-state index is -2.59. The number of rotatable bonds is 3. The van der Waals surface area contributed by atoms with E-state index in [1.165, 1.54) is 26.1 Å². The van der Waals surface area contributed by atoms with E-state index in [4.69, 9.17) is 9.47 Å². The molecule has 0 aromatic carbocycles. The Morgan fingerprint density at radius 2 is 1.86 bits per heavy atom. The summed E-state index contributed by atoms with van der Waals surface area (Å²) in [5.41, 5.74) is -15.2. The Kier molecular flexibility index (Phi) is 4.06. The van der Waals surface area contributed by atoms with Crippen molar-refractivity contribution < 1.29 is 44.9 Å².